The summed E-state index contributed by atoms with van der Waals surface area (Å²) >= 11 is 5.60. The highest BCUT2D eigenvalue weighted by atomic mass is 35.5. The van der Waals surface area contributed by atoms with Crippen LogP contribution in [-0.2, 0) is 6.54 Å². The van der Waals surface area contributed by atoms with Crippen molar-refractivity contribution >= 4 is 17.3 Å². The van der Waals surface area contributed by atoms with Gasteiger partial charge in [0.1, 0.15) is 11.6 Å². The van der Waals surface area contributed by atoms with Crippen LogP contribution in [0.1, 0.15) is 11.1 Å². The highest BCUT2D eigenvalue weighted by Crippen LogP contribution is 2.19. The van der Waals surface area contributed by atoms with Crippen LogP contribution in [0.25, 0.3) is 0 Å². The maximum Gasteiger partial charge on any atom is 0.142 e. The quantitative estimate of drug-likeness (QED) is 0.861. The Morgan fingerprint density at radius 1 is 1.11 bits per heavy atom. The number of anilines is 1. The average Bonchev–Trinajstić information content (AvgIpc) is 2.34. The predicted molar refractivity (Wildman–Crippen MR) is 69.9 cm³/mol. The van der Waals surface area contributed by atoms with Crippen LogP contribution in [0.3, 0.4) is 0 Å². The molecule has 94 valence electrons. The fraction of sp³-hybridized carbons (Fsp3) is 0.143. The summed E-state index contributed by atoms with van der Waals surface area (Å²) < 4.78 is 26.3. The van der Waals surface area contributed by atoms with Gasteiger partial charge in [0.2, 0.25) is 0 Å². The number of rotatable bonds is 3. The van der Waals surface area contributed by atoms with E-state index in [4.69, 9.17) is 11.6 Å². The normalized spacial score (nSPS) is 10.4. The molecule has 2 aromatic rings. The summed E-state index contributed by atoms with van der Waals surface area (Å²) in [6, 6.07) is 9.12. The highest BCUT2D eigenvalue weighted by molar-refractivity contribution is 6.30. The zero-order valence-corrected chi connectivity index (χ0v) is 10.6. The second kappa shape index (κ2) is 5.36. The molecule has 0 saturated carbocycles. The summed E-state index contributed by atoms with van der Waals surface area (Å²) in [4.78, 5) is 0. The van der Waals surface area contributed by atoms with Gasteiger partial charge in [-0.1, -0.05) is 23.7 Å². The number of hydrogen-bond donors (Lipinski definition) is 1. The molecule has 0 saturated heterocycles. The van der Waals surface area contributed by atoms with Crippen LogP contribution in [0.5, 0.6) is 0 Å². The lowest BCUT2D eigenvalue weighted by molar-refractivity contribution is 0.625. The number of halogens is 3. The van der Waals surface area contributed by atoms with Gasteiger partial charge in [0.15, 0.2) is 0 Å². The largest absolute Gasteiger partial charge is 0.381 e. The molecule has 0 aliphatic rings. The van der Waals surface area contributed by atoms with E-state index in [1.807, 2.05) is 6.92 Å². The molecule has 0 amide bonds. The standard InChI is InChI=1S/C14H12ClF2N/c1-9-2-4-11(16)7-14(9)18-8-10-3-5-12(15)13(17)6-10/h2-7,18H,8H2,1H3. The van der Waals surface area contributed by atoms with Gasteiger partial charge in [0.25, 0.3) is 0 Å². The van der Waals surface area contributed by atoms with E-state index in [-0.39, 0.29) is 10.8 Å². The molecule has 0 aliphatic heterocycles. The molecule has 2 aromatic carbocycles. The van der Waals surface area contributed by atoms with E-state index in [1.165, 1.54) is 24.3 Å². The van der Waals surface area contributed by atoms with Crippen molar-refractivity contribution in [2.45, 2.75) is 13.5 Å². The first-order valence-electron chi connectivity index (χ1n) is 5.50. The molecule has 0 unspecified atom stereocenters. The van der Waals surface area contributed by atoms with Gasteiger partial charge in [-0.2, -0.15) is 0 Å². The van der Waals surface area contributed by atoms with Crippen LogP contribution >= 0.6 is 11.6 Å². The molecule has 0 heterocycles. The monoisotopic (exact) mass is 267 g/mol. The fourth-order valence-electron chi connectivity index (χ4n) is 1.63. The minimum Gasteiger partial charge on any atom is -0.381 e. The van der Waals surface area contributed by atoms with E-state index in [9.17, 15) is 8.78 Å². The lowest BCUT2D eigenvalue weighted by Gasteiger charge is -2.10. The van der Waals surface area contributed by atoms with Crippen LogP contribution < -0.4 is 5.32 Å². The van der Waals surface area contributed by atoms with Crippen molar-refractivity contribution in [3.8, 4) is 0 Å². The van der Waals surface area contributed by atoms with Crippen LogP contribution in [0.15, 0.2) is 36.4 Å². The van der Waals surface area contributed by atoms with Gasteiger partial charge in [0, 0.05) is 12.2 Å². The molecule has 0 spiro atoms. The second-order valence-electron chi connectivity index (χ2n) is 4.06. The molecule has 1 nitrogen and oxygen atoms in total. The van der Waals surface area contributed by atoms with E-state index in [2.05, 4.69) is 5.32 Å². The van der Waals surface area contributed by atoms with Gasteiger partial charge in [-0.05, 0) is 42.3 Å². The van der Waals surface area contributed by atoms with Crippen molar-refractivity contribution in [2.75, 3.05) is 5.32 Å². The third kappa shape index (κ3) is 2.99. The van der Waals surface area contributed by atoms with Gasteiger partial charge in [-0.25, -0.2) is 8.78 Å². The second-order valence-corrected chi connectivity index (χ2v) is 4.47. The Labute approximate surface area is 109 Å². The Morgan fingerprint density at radius 3 is 2.61 bits per heavy atom. The Bertz CT molecular complexity index is 570. The van der Waals surface area contributed by atoms with Gasteiger partial charge >= 0.3 is 0 Å². The summed E-state index contributed by atoms with van der Waals surface area (Å²) in [7, 11) is 0. The molecule has 18 heavy (non-hydrogen) atoms. The minimum atomic E-state index is -0.452. The summed E-state index contributed by atoms with van der Waals surface area (Å²) in [6.45, 7) is 2.29. The predicted octanol–water partition coefficient (Wildman–Crippen LogP) is 4.54. The third-order valence-electron chi connectivity index (χ3n) is 2.67. The smallest absolute Gasteiger partial charge is 0.142 e. The first-order valence-corrected chi connectivity index (χ1v) is 5.88. The molecular weight excluding hydrogens is 256 g/mol. The minimum absolute atomic E-state index is 0.0979. The number of aryl methyl sites for hydroxylation is 1. The summed E-state index contributed by atoms with van der Waals surface area (Å²) in [5.74, 6) is -0.752. The van der Waals surface area contributed by atoms with E-state index in [0.29, 0.717) is 12.2 Å². The van der Waals surface area contributed by atoms with Crippen LogP contribution in [-0.4, -0.2) is 0 Å². The average molecular weight is 268 g/mol. The van der Waals surface area contributed by atoms with Crippen LogP contribution in [0.4, 0.5) is 14.5 Å². The summed E-state index contributed by atoms with van der Waals surface area (Å²) in [6.07, 6.45) is 0. The molecule has 1 N–H and O–H groups in total. The van der Waals surface area contributed by atoms with Crippen molar-refractivity contribution in [1.82, 2.24) is 0 Å². The number of nitrogens with one attached hydrogen (secondary N) is 1. The van der Waals surface area contributed by atoms with E-state index in [1.54, 1.807) is 12.1 Å². The number of benzene rings is 2. The molecule has 0 fully saturated rings. The molecular formula is C14H12ClF2N. The molecule has 0 aliphatic carbocycles. The zero-order chi connectivity index (χ0) is 13.1. The molecule has 4 heteroatoms. The van der Waals surface area contributed by atoms with Crippen molar-refractivity contribution in [2.24, 2.45) is 0 Å². The van der Waals surface area contributed by atoms with Crippen molar-refractivity contribution in [1.29, 1.82) is 0 Å². The first-order chi connectivity index (χ1) is 8.56. The topological polar surface area (TPSA) is 12.0 Å². The molecule has 2 rings (SSSR count). The molecule has 0 aromatic heterocycles. The lowest BCUT2D eigenvalue weighted by atomic mass is 10.1. The van der Waals surface area contributed by atoms with Gasteiger partial charge in [-0.15, -0.1) is 0 Å². The SMILES string of the molecule is Cc1ccc(F)cc1NCc1ccc(Cl)c(F)c1. The maximum atomic E-state index is 13.2. The van der Waals surface area contributed by atoms with E-state index in [0.717, 1.165) is 11.1 Å². The molecule has 0 radical (unpaired) electrons. The number of hydrogen-bond acceptors (Lipinski definition) is 1. The Kier molecular flexibility index (Phi) is 3.82. The van der Waals surface area contributed by atoms with Crippen LogP contribution in [0.2, 0.25) is 5.02 Å². The van der Waals surface area contributed by atoms with Gasteiger partial charge in [0.05, 0.1) is 5.02 Å². The van der Waals surface area contributed by atoms with Crippen molar-refractivity contribution in [3.63, 3.8) is 0 Å². The highest BCUT2D eigenvalue weighted by Gasteiger charge is 2.03. The zero-order valence-electron chi connectivity index (χ0n) is 9.81. The fourth-order valence-corrected chi connectivity index (χ4v) is 1.75. The van der Waals surface area contributed by atoms with Crippen molar-refractivity contribution in [3.05, 3.63) is 64.2 Å². The Balaban J connectivity index is 2.11. The maximum absolute atomic E-state index is 13.2. The van der Waals surface area contributed by atoms with Crippen LogP contribution in [0, 0.1) is 18.6 Å². The van der Waals surface area contributed by atoms with Gasteiger partial charge < -0.3 is 5.32 Å². The molecule has 0 bridgehead atoms. The summed E-state index contributed by atoms with van der Waals surface area (Å²) in [5.41, 5.74) is 2.39. The van der Waals surface area contributed by atoms with E-state index < -0.39 is 5.82 Å². The Hall–Kier alpha value is -1.61. The lowest BCUT2D eigenvalue weighted by Crippen LogP contribution is -2.02. The van der Waals surface area contributed by atoms with Gasteiger partial charge in [-0.3, -0.25) is 0 Å². The van der Waals surface area contributed by atoms with E-state index >= 15 is 0 Å². The third-order valence-corrected chi connectivity index (χ3v) is 2.97. The molecule has 0 atom stereocenters. The Morgan fingerprint density at radius 2 is 1.89 bits per heavy atom. The summed E-state index contributed by atoms with van der Waals surface area (Å²) in [5, 5.41) is 3.16. The first kappa shape index (κ1) is 12.8. The van der Waals surface area contributed by atoms with Crippen molar-refractivity contribution < 1.29 is 8.78 Å².